The summed E-state index contributed by atoms with van der Waals surface area (Å²) in [6.45, 7) is 2.14. The topological polar surface area (TPSA) is 57.7 Å². The molecule has 24 heavy (non-hydrogen) atoms. The minimum Gasteiger partial charge on any atom is -0.340 e. The van der Waals surface area contributed by atoms with Gasteiger partial charge in [-0.25, -0.2) is 8.42 Å². The molecule has 0 spiro atoms. The summed E-state index contributed by atoms with van der Waals surface area (Å²) in [4.78, 5) is 14.0. The number of anilines is 1. The smallest absolute Gasteiger partial charge is 0.243 e. The lowest BCUT2D eigenvalue weighted by Crippen LogP contribution is -2.41. The van der Waals surface area contributed by atoms with Crippen LogP contribution in [0.25, 0.3) is 0 Å². The zero-order valence-corrected chi connectivity index (χ0v) is 15.0. The summed E-state index contributed by atoms with van der Waals surface area (Å²) in [6, 6.07) is 16.6. The van der Waals surface area contributed by atoms with E-state index in [2.05, 4.69) is 0 Å². The van der Waals surface area contributed by atoms with Crippen LogP contribution in [0.2, 0.25) is 0 Å². The van der Waals surface area contributed by atoms with Crippen LogP contribution >= 0.6 is 0 Å². The molecule has 0 aliphatic heterocycles. The Morgan fingerprint density at radius 2 is 1.58 bits per heavy atom. The van der Waals surface area contributed by atoms with Crippen molar-refractivity contribution < 1.29 is 13.2 Å². The third-order valence-electron chi connectivity index (χ3n) is 3.69. The molecule has 0 unspecified atom stereocenters. The summed E-state index contributed by atoms with van der Waals surface area (Å²) in [6.07, 6.45) is 1.11. The Labute approximate surface area is 143 Å². The number of carbonyl (C=O) groups excluding carboxylic acids is 1. The first-order valence-corrected chi connectivity index (χ1v) is 9.44. The standard InChI is InChI=1S/C18H22N2O3S/c1-15-9-11-17(12-10-15)20(24(3,22)23)14-18(21)19(2)13-16-7-5-4-6-8-16/h4-12H,13-14H2,1-3H3. The fraction of sp³-hybridized carbons (Fsp3) is 0.278. The second-order valence-electron chi connectivity index (χ2n) is 5.84. The first-order valence-electron chi connectivity index (χ1n) is 7.59. The second-order valence-corrected chi connectivity index (χ2v) is 7.75. The zero-order chi connectivity index (χ0) is 17.7. The van der Waals surface area contributed by atoms with E-state index in [-0.39, 0.29) is 12.5 Å². The number of sulfonamides is 1. The highest BCUT2D eigenvalue weighted by Crippen LogP contribution is 2.18. The van der Waals surface area contributed by atoms with E-state index in [9.17, 15) is 13.2 Å². The predicted octanol–water partition coefficient (Wildman–Crippen LogP) is 2.42. The fourth-order valence-corrected chi connectivity index (χ4v) is 3.15. The number of likely N-dealkylation sites (N-methyl/N-ethyl adjacent to an activating group) is 1. The van der Waals surface area contributed by atoms with Crippen LogP contribution in [0, 0.1) is 6.92 Å². The van der Waals surface area contributed by atoms with E-state index in [4.69, 9.17) is 0 Å². The first-order chi connectivity index (χ1) is 11.3. The lowest BCUT2D eigenvalue weighted by molar-refractivity contribution is -0.128. The largest absolute Gasteiger partial charge is 0.340 e. The van der Waals surface area contributed by atoms with Crippen molar-refractivity contribution in [3.63, 3.8) is 0 Å². The monoisotopic (exact) mass is 346 g/mol. The van der Waals surface area contributed by atoms with Crippen molar-refractivity contribution in [1.29, 1.82) is 0 Å². The summed E-state index contributed by atoms with van der Waals surface area (Å²) in [5.41, 5.74) is 2.51. The average molecular weight is 346 g/mol. The van der Waals surface area contributed by atoms with Crippen molar-refractivity contribution in [2.24, 2.45) is 0 Å². The number of hydrogen-bond acceptors (Lipinski definition) is 3. The highest BCUT2D eigenvalue weighted by Gasteiger charge is 2.22. The van der Waals surface area contributed by atoms with E-state index in [0.717, 1.165) is 21.7 Å². The molecule has 128 valence electrons. The van der Waals surface area contributed by atoms with Gasteiger partial charge in [-0.05, 0) is 24.6 Å². The number of benzene rings is 2. The van der Waals surface area contributed by atoms with Crippen LogP contribution in [-0.4, -0.2) is 39.1 Å². The summed E-state index contributed by atoms with van der Waals surface area (Å²) in [5.74, 6) is -0.259. The zero-order valence-electron chi connectivity index (χ0n) is 14.1. The minimum absolute atomic E-state index is 0.217. The van der Waals surface area contributed by atoms with E-state index in [1.54, 1.807) is 19.2 Å². The van der Waals surface area contributed by atoms with Gasteiger partial charge in [0.2, 0.25) is 15.9 Å². The number of aryl methyl sites for hydroxylation is 1. The molecule has 6 heteroatoms. The van der Waals surface area contributed by atoms with Gasteiger partial charge in [0.05, 0.1) is 11.9 Å². The predicted molar refractivity (Wildman–Crippen MR) is 96.3 cm³/mol. The van der Waals surface area contributed by atoms with E-state index < -0.39 is 10.0 Å². The molecule has 0 atom stereocenters. The van der Waals surface area contributed by atoms with Gasteiger partial charge in [0, 0.05) is 13.6 Å². The Bertz CT molecular complexity index is 787. The van der Waals surface area contributed by atoms with Crippen LogP contribution in [0.4, 0.5) is 5.69 Å². The molecular weight excluding hydrogens is 324 g/mol. The van der Waals surface area contributed by atoms with Gasteiger partial charge in [-0.15, -0.1) is 0 Å². The number of amides is 1. The molecule has 2 aromatic rings. The number of nitrogens with zero attached hydrogens (tertiary/aromatic N) is 2. The molecule has 0 N–H and O–H groups in total. The SMILES string of the molecule is Cc1ccc(N(CC(=O)N(C)Cc2ccccc2)S(C)(=O)=O)cc1. The van der Waals surface area contributed by atoms with Gasteiger partial charge >= 0.3 is 0 Å². The Balaban J connectivity index is 2.14. The van der Waals surface area contributed by atoms with Crippen molar-refractivity contribution in [1.82, 2.24) is 4.90 Å². The van der Waals surface area contributed by atoms with E-state index >= 15 is 0 Å². The maximum absolute atomic E-state index is 12.5. The van der Waals surface area contributed by atoms with Gasteiger partial charge in [0.15, 0.2) is 0 Å². The molecule has 0 fully saturated rings. The second kappa shape index (κ2) is 7.49. The summed E-state index contributed by atoms with van der Waals surface area (Å²) >= 11 is 0. The van der Waals surface area contributed by atoms with E-state index in [0.29, 0.717) is 12.2 Å². The summed E-state index contributed by atoms with van der Waals surface area (Å²) < 4.78 is 25.3. The lowest BCUT2D eigenvalue weighted by Gasteiger charge is -2.25. The van der Waals surface area contributed by atoms with Gasteiger partial charge in [-0.3, -0.25) is 9.10 Å². The van der Waals surface area contributed by atoms with Gasteiger partial charge in [0.1, 0.15) is 6.54 Å². The number of rotatable bonds is 6. The van der Waals surface area contributed by atoms with Crippen LogP contribution in [0.1, 0.15) is 11.1 Å². The molecule has 2 aromatic carbocycles. The minimum atomic E-state index is -3.55. The van der Waals surface area contributed by atoms with Crippen molar-refractivity contribution in [3.05, 3.63) is 65.7 Å². The van der Waals surface area contributed by atoms with Crippen LogP contribution in [-0.2, 0) is 21.4 Å². The lowest BCUT2D eigenvalue weighted by atomic mass is 10.2. The van der Waals surface area contributed by atoms with Crippen LogP contribution in [0.15, 0.2) is 54.6 Å². The molecule has 1 amide bonds. The third kappa shape index (κ3) is 4.83. The van der Waals surface area contributed by atoms with Crippen molar-refractivity contribution in [3.8, 4) is 0 Å². The summed E-state index contributed by atoms with van der Waals surface area (Å²) in [7, 11) is -1.87. The van der Waals surface area contributed by atoms with Crippen molar-refractivity contribution >= 4 is 21.6 Å². The Kier molecular flexibility index (Phi) is 5.62. The molecule has 0 bridgehead atoms. The maximum Gasteiger partial charge on any atom is 0.243 e. The number of carbonyl (C=O) groups is 1. The molecular formula is C18H22N2O3S. The third-order valence-corrected chi connectivity index (χ3v) is 4.83. The van der Waals surface area contributed by atoms with E-state index in [1.807, 2.05) is 49.4 Å². The molecule has 0 heterocycles. The Hall–Kier alpha value is -2.34. The van der Waals surface area contributed by atoms with Crippen molar-refractivity contribution in [2.75, 3.05) is 24.2 Å². The molecule has 5 nitrogen and oxygen atoms in total. The molecule has 0 aromatic heterocycles. The van der Waals surface area contributed by atoms with Gasteiger partial charge in [-0.1, -0.05) is 48.0 Å². The normalized spacial score (nSPS) is 11.1. The molecule has 0 radical (unpaired) electrons. The van der Waals surface area contributed by atoms with Gasteiger partial charge in [-0.2, -0.15) is 0 Å². The average Bonchev–Trinajstić information content (AvgIpc) is 2.53. The molecule has 2 rings (SSSR count). The van der Waals surface area contributed by atoms with Crippen molar-refractivity contribution in [2.45, 2.75) is 13.5 Å². The first kappa shape index (κ1) is 18.0. The molecule has 0 aliphatic rings. The summed E-state index contributed by atoms with van der Waals surface area (Å²) in [5, 5.41) is 0. The van der Waals surface area contributed by atoms with Crippen LogP contribution in [0.5, 0.6) is 0 Å². The number of hydrogen-bond donors (Lipinski definition) is 0. The Morgan fingerprint density at radius 1 is 1.00 bits per heavy atom. The fourth-order valence-electron chi connectivity index (χ4n) is 2.30. The highest BCUT2D eigenvalue weighted by molar-refractivity contribution is 7.92. The van der Waals surface area contributed by atoms with E-state index in [1.165, 1.54) is 4.90 Å². The Morgan fingerprint density at radius 3 is 2.12 bits per heavy atom. The van der Waals surface area contributed by atoms with Crippen LogP contribution < -0.4 is 4.31 Å². The van der Waals surface area contributed by atoms with Gasteiger partial charge in [0.25, 0.3) is 0 Å². The maximum atomic E-state index is 12.5. The highest BCUT2D eigenvalue weighted by atomic mass is 32.2. The molecule has 0 saturated carbocycles. The quantitative estimate of drug-likeness (QED) is 0.807. The molecule has 0 saturated heterocycles. The van der Waals surface area contributed by atoms with Crippen LogP contribution in [0.3, 0.4) is 0 Å². The van der Waals surface area contributed by atoms with Gasteiger partial charge < -0.3 is 4.90 Å². The molecule has 0 aliphatic carbocycles.